The molecule has 1 N–H and O–H groups in total. The summed E-state index contributed by atoms with van der Waals surface area (Å²) in [5.74, 6) is 0.0821. The highest BCUT2D eigenvalue weighted by Crippen LogP contribution is 2.24. The van der Waals surface area contributed by atoms with E-state index in [0.717, 1.165) is 24.4 Å². The highest BCUT2D eigenvalue weighted by molar-refractivity contribution is 8.00. The minimum absolute atomic E-state index is 0.0821. The van der Waals surface area contributed by atoms with E-state index in [4.69, 9.17) is 11.6 Å². The van der Waals surface area contributed by atoms with Crippen LogP contribution < -0.4 is 5.32 Å². The Balaban J connectivity index is 2.30. The van der Waals surface area contributed by atoms with Crippen LogP contribution >= 0.6 is 23.4 Å². The Morgan fingerprint density at radius 1 is 1.37 bits per heavy atom. The minimum Gasteiger partial charge on any atom is -0.355 e. The van der Waals surface area contributed by atoms with Crippen molar-refractivity contribution in [3.05, 3.63) is 29.3 Å². The molecule has 0 aliphatic heterocycles. The zero-order valence-electron chi connectivity index (χ0n) is 11.6. The van der Waals surface area contributed by atoms with Crippen LogP contribution in [0.15, 0.2) is 29.2 Å². The quantitative estimate of drug-likeness (QED) is 0.621. The summed E-state index contributed by atoms with van der Waals surface area (Å²) >= 11 is 7.37. The molecular formula is C14H21ClN2OS. The standard InChI is InChI=1S/C14H21ClN2OS/c1-11(14(18)16-9-4-10-17(2)3)19-13-7-5-12(15)6-8-13/h5-8,11H,4,9-10H2,1-3H3,(H,16,18). The number of hydrogen-bond donors (Lipinski definition) is 1. The molecule has 5 heteroatoms. The van der Waals surface area contributed by atoms with Crippen molar-refractivity contribution >= 4 is 29.3 Å². The van der Waals surface area contributed by atoms with E-state index in [1.54, 1.807) is 11.8 Å². The van der Waals surface area contributed by atoms with Crippen molar-refractivity contribution in [2.24, 2.45) is 0 Å². The topological polar surface area (TPSA) is 32.3 Å². The number of carbonyl (C=O) groups is 1. The molecule has 106 valence electrons. The predicted molar refractivity (Wildman–Crippen MR) is 83.0 cm³/mol. The zero-order chi connectivity index (χ0) is 14.3. The number of nitrogens with one attached hydrogen (secondary N) is 1. The molecule has 1 amide bonds. The third-order valence-corrected chi connectivity index (χ3v) is 3.94. The molecule has 0 radical (unpaired) electrons. The first-order valence-corrected chi connectivity index (χ1v) is 7.59. The first-order valence-electron chi connectivity index (χ1n) is 6.33. The molecule has 3 nitrogen and oxygen atoms in total. The van der Waals surface area contributed by atoms with Gasteiger partial charge in [-0.1, -0.05) is 11.6 Å². The highest BCUT2D eigenvalue weighted by Gasteiger charge is 2.13. The molecule has 1 atom stereocenters. The monoisotopic (exact) mass is 300 g/mol. The van der Waals surface area contributed by atoms with Gasteiger partial charge in [-0.25, -0.2) is 0 Å². The molecule has 0 bridgehead atoms. The summed E-state index contributed by atoms with van der Waals surface area (Å²) in [6, 6.07) is 7.54. The van der Waals surface area contributed by atoms with Gasteiger partial charge in [0.05, 0.1) is 5.25 Å². The molecule has 0 fully saturated rings. The van der Waals surface area contributed by atoms with Gasteiger partial charge in [0.25, 0.3) is 0 Å². The molecule has 0 saturated carbocycles. The van der Waals surface area contributed by atoms with Gasteiger partial charge < -0.3 is 10.2 Å². The molecule has 0 aliphatic carbocycles. The lowest BCUT2D eigenvalue weighted by molar-refractivity contribution is -0.120. The molecule has 0 saturated heterocycles. The number of amides is 1. The third-order valence-electron chi connectivity index (χ3n) is 2.58. The maximum Gasteiger partial charge on any atom is 0.233 e. The van der Waals surface area contributed by atoms with E-state index in [9.17, 15) is 4.79 Å². The summed E-state index contributed by atoms with van der Waals surface area (Å²) in [7, 11) is 4.06. The van der Waals surface area contributed by atoms with Crippen LogP contribution in [-0.2, 0) is 4.79 Å². The Bertz CT molecular complexity index is 395. The lowest BCUT2D eigenvalue weighted by Crippen LogP contribution is -2.32. The van der Waals surface area contributed by atoms with Crippen molar-refractivity contribution in [3.63, 3.8) is 0 Å². The number of benzene rings is 1. The van der Waals surface area contributed by atoms with Crippen molar-refractivity contribution < 1.29 is 4.79 Å². The first-order chi connectivity index (χ1) is 8.99. The second kappa shape index (κ2) is 8.46. The van der Waals surface area contributed by atoms with Gasteiger partial charge in [-0.2, -0.15) is 0 Å². The van der Waals surface area contributed by atoms with Gasteiger partial charge in [0, 0.05) is 16.5 Å². The fourth-order valence-electron chi connectivity index (χ4n) is 1.52. The molecule has 1 unspecified atom stereocenters. The maximum absolute atomic E-state index is 11.9. The number of nitrogens with zero attached hydrogens (tertiary/aromatic N) is 1. The molecule has 0 heterocycles. The summed E-state index contributed by atoms with van der Waals surface area (Å²) in [5, 5.41) is 3.57. The summed E-state index contributed by atoms with van der Waals surface area (Å²) in [6.07, 6.45) is 0.969. The summed E-state index contributed by atoms with van der Waals surface area (Å²) in [5.41, 5.74) is 0. The van der Waals surface area contributed by atoms with Crippen LogP contribution in [-0.4, -0.2) is 43.2 Å². The molecule has 0 aliphatic rings. The van der Waals surface area contributed by atoms with Crippen LogP contribution in [0.1, 0.15) is 13.3 Å². The average molecular weight is 301 g/mol. The van der Waals surface area contributed by atoms with E-state index in [1.807, 2.05) is 45.3 Å². The molecule has 0 aromatic heterocycles. The van der Waals surface area contributed by atoms with Gasteiger partial charge in [-0.15, -0.1) is 11.8 Å². The predicted octanol–water partition coefficient (Wildman–Crippen LogP) is 2.89. The van der Waals surface area contributed by atoms with Gasteiger partial charge in [-0.05, 0) is 58.3 Å². The molecular weight excluding hydrogens is 280 g/mol. The van der Waals surface area contributed by atoms with E-state index < -0.39 is 0 Å². The number of carbonyl (C=O) groups excluding carboxylic acids is 1. The fraction of sp³-hybridized carbons (Fsp3) is 0.500. The SMILES string of the molecule is CC(Sc1ccc(Cl)cc1)C(=O)NCCCN(C)C. The van der Waals surface area contributed by atoms with Crippen LogP contribution in [0.2, 0.25) is 5.02 Å². The Morgan fingerprint density at radius 2 is 2.00 bits per heavy atom. The molecule has 1 rings (SSSR count). The number of rotatable bonds is 7. The smallest absolute Gasteiger partial charge is 0.233 e. The number of halogens is 1. The van der Waals surface area contributed by atoms with E-state index in [0.29, 0.717) is 5.02 Å². The lowest BCUT2D eigenvalue weighted by atomic mass is 10.3. The third kappa shape index (κ3) is 6.85. The van der Waals surface area contributed by atoms with Gasteiger partial charge in [0.2, 0.25) is 5.91 Å². The van der Waals surface area contributed by atoms with Crippen molar-refractivity contribution in [2.75, 3.05) is 27.2 Å². The Kier molecular flexibility index (Phi) is 7.28. The zero-order valence-corrected chi connectivity index (χ0v) is 13.2. The number of hydrogen-bond acceptors (Lipinski definition) is 3. The van der Waals surface area contributed by atoms with Crippen molar-refractivity contribution in [1.29, 1.82) is 0 Å². The lowest BCUT2D eigenvalue weighted by Gasteiger charge is -2.13. The normalized spacial score (nSPS) is 12.5. The second-order valence-corrected chi connectivity index (χ2v) is 6.51. The Morgan fingerprint density at radius 3 is 2.58 bits per heavy atom. The molecule has 0 spiro atoms. The van der Waals surface area contributed by atoms with E-state index >= 15 is 0 Å². The van der Waals surface area contributed by atoms with E-state index in [-0.39, 0.29) is 11.2 Å². The minimum atomic E-state index is -0.0967. The van der Waals surface area contributed by atoms with E-state index in [2.05, 4.69) is 10.2 Å². The van der Waals surface area contributed by atoms with Crippen LogP contribution in [0.3, 0.4) is 0 Å². The summed E-state index contributed by atoms with van der Waals surface area (Å²) in [4.78, 5) is 15.1. The van der Waals surface area contributed by atoms with Gasteiger partial charge in [-0.3, -0.25) is 4.79 Å². The fourth-order valence-corrected chi connectivity index (χ4v) is 2.54. The number of thioether (sulfide) groups is 1. The molecule has 19 heavy (non-hydrogen) atoms. The largest absolute Gasteiger partial charge is 0.355 e. The average Bonchev–Trinajstić information content (AvgIpc) is 2.36. The van der Waals surface area contributed by atoms with Crippen molar-refractivity contribution in [3.8, 4) is 0 Å². The first kappa shape index (κ1) is 16.3. The highest BCUT2D eigenvalue weighted by atomic mass is 35.5. The second-order valence-electron chi connectivity index (χ2n) is 4.66. The van der Waals surface area contributed by atoms with Crippen molar-refractivity contribution in [1.82, 2.24) is 10.2 Å². The van der Waals surface area contributed by atoms with Crippen LogP contribution in [0.5, 0.6) is 0 Å². The summed E-state index contributed by atoms with van der Waals surface area (Å²) < 4.78 is 0. The van der Waals surface area contributed by atoms with Crippen LogP contribution in [0.4, 0.5) is 0 Å². The Hall–Kier alpha value is -0.710. The Labute approximate surface area is 124 Å². The van der Waals surface area contributed by atoms with Gasteiger partial charge in [0.1, 0.15) is 0 Å². The van der Waals surface area contributed by atoms with Crippen molar-refractivity contribution in [2.45, 2.75) is 23.5 Å². The van der Waals surface area contributed by atoms with Gasteiger partial charge >= 0.3 is 0 Å². The van der Waals surface area contributed by atoms with Crippen LogP contribution in [0.25, 0.3) is 0 Å². The summed E-state index contributed by atoms with van der Waals surface area (Å²) in [6.45, 7) is 3.63. The molecule has 1 aromatic carbocycles. The van der Waals surface area contributed by atoms with Gasteiger partial charge in [0.15, 0.2) is 0 Å². The maximum atomic E-state index is 11.9. The molecule has 1 aromatic rings. The van der Waals surface area contributed by atoms with Crippen LogP contribution in [0, 0.1) is 0 Å². The van der Waals surface area contributed by atoms with E-state index in [1.165, 1.54) is 0 Å².